The first-order valence-electron chi connectivity index (χ1n) is 7.74. The first kappa shape index (κ1) is 17.0. The Bertz CT molecular complexity index is 318. The van der Waals surface area contributed by atoms with Crippen molar-refractivity contribution in [3.8, 4) is 0 Å². The highest BCUT2D eigenvalue weighted by Gasteiger charge is 2.33. The van der Waals surface area contributed by atoms with Crippen LogP contribution >= 0.6 is 0 Å². The number of hydrogen-bond donors (Lipinski definition) is 1. The van der Waals surface area contributed by atoms with Gasteiger partial charge in [0.15, 0.2) is 0 Å². The number of unbranched alkanes of at least 4 members (excludes halogenated alkanes) is 2. The van der Waals surface area contributed by atoms with E-state index in [2.05, 4.69) is 17.1 Å². The molecule has 1 N–H and O–H groups in total. The van der Waals surface area contributed by atoms with Crippen molar-refractivity contribution >= 4 is 11.8 Å². The molecule has 1 aliphatic rings. The van der Waals surface area contributed by atoms with Crippen LogP contribution in [0.2, 0.25) is 0 Å². The minimum Gasteiger partial charge on any atom is -0.356 e. The van der Waals surface area contributed by atoms with Crippen LogP contribution in [0.5, 0.6) is 0 Å². The Balaban J connectivity index is 2.23. The van der Waals surface area contributed by atoms with Gasteiger partial charge in [-0.3, -0.25) is 9.59 Å². The molecule has 1 atom stereocenters. The molecule has 1 aliphatic heterocycles. The average Bonchev–Trinajstić information content (AvgIpc) is 2.76. The SMILES string of the molecule is CCCCCN1CC(C(=O)NCCCN(C)C)CC1=O. The van der Waals surface area contributed by atoms with Crippen molar-refractivity contribution in [1.82, 2.24) is 15.1 Å². The van der Waals surface area contributed by atoms with Crippen LogP contribution in [-0.4, -0.2) is 61.9 Å². The zero-order valence-electron chi connectivity index (χ0n) is 13.2. The minimum atomic E-state index is -0.150. The molecule has 0 saturated carbocycles. The van der Waals surface area contributed by atoms with Crippen molar-refractivity contribution in [2.24, 2.45) is 5.92 Å². The summed E-state index contributed by atoms with van der Waals surface area (Å²) in [6, 6.07) is 0. The fraction of sp³-hybridized carbons (Fsp3) is 0.867. The number of amides is 2. The molecule has 0 aromatic rings. The van der Waals surface area contributed by atoms with Gasteiger partial charge in [-0.1, -0.05) is 19.8 Å². The Kier molecular flexibility index (Phi) is 7.59. The zero-order valence-corrected chi connectivity index (χ0v) is 13.2. The summed E-state index contributed by atoms with van der Waals surface area (Å²) in [5.41, 5.74) is 0. The van der Waals surface area contributed by atoms with E-state index >= 15 is 0 Å². The molecule has 20 heavy (non-hydrogen) atoms. The molecule has 1 fully saturated rings. The molecule has 0 aromatic heterocycles. The Morgan fingerprint density at radius 3 is 2.75 bits per heavy atom. The molecule has 116 valence electrons. The van der Waals surface area contributed by atoms with Crippen LogP contribution in [0.4, 0.5) is 0 Å². The van der Waals surface area contributed by atoms with E-state index in [4.69, 9.17) is 0 Å². The van der Waals surface area contributed by atoms with Crippen LogP contribution in [0.25, 0.3) is 0 Å². The molecular formula is C15H29N3O2. The van der Waals surface area contributed by atoms with Gasteiger partial charge in [0, 0.05) is 26.1 Å². The number of hydrogen-bond acceptors (Lipinski definition) is 3. The van der Waals surface area contributed by atoms with E-state index in [0.717, 1.165) is 38.8 Å². The van der Waals surface area contributed by atoms with Gasteiger partial charge in [0.25, 0.3) is 0 Å². The van der Waals surface area contributed by atoms with Gasteiger partial charge < -0.3 is 15.1 Å². The van der Waals surface area contributed by atoms with Crippen molar-refractivity contribution in [1.29, 1.82) is 0 Å². The van der Waals surface area contributed by atoms with E-state index in [-0.39, 0.29) is 17.7 Å². The van der Waals surface area contributed by atoms with Gasteiger partial charge in [-0.2, -0.15) is 0 Å². The predicted molar refractivity (Wildman–Crippen MR) is 80.4 cm³/mol. The van der Waals surface area contributed by atoms with E-state index in [9.17, 15) is 9.59 Å². The van der Waals surface area contributed by atoms with Crippen molar-refractivity contribution in [2.75, 3.05) is 40.3 Å². The Labute approximate surface area is 122 Å². The summed E-state index contributed by atoms with van der Waals surface area (Å²) in [4.78, 5) is 27.8. The van der Waals surface area contributed by atoms with Crippen molar-refractivity contribution in [2.45, 2.75) is 39.0 Å². The third-order valence-corrected chi connectivity index (χ3v) is 3.70. The molecule has 5 heteroatoms. The lowest BCUT2D eigenvalue weighted by atomic mass is 10.1. The van der Waals surface area contributed by atoms with Crippen LogP contribution in [0.1, 0.15) is 39.0 Å². The topological polar surface area (TPSA) is 52.7 Å². The van der Waals surface area contributed by atoms with E-state index in [1.807, 2.05) is 19.0 Å². The fourth-order valence-corrected chi connectivity index (χ4v) is 2.47. The highest BCUT2D eigenvalue weighted by molar-refractivity contribution is 5.89. The second kappa shape index (κ2) is 8.95. The summed E-state index contributed by atoms with van der Waals surface area (Å²) in [6.45, 7) is 5.21. The molecule has 1 rings (SSSR count). The maximum Gasteiger partial charge on any atom is 0.225 e. The van der Waals surface area contributed by atoms with Crippen LogP contribution in [0.15, 0.2) is 0 Å². The fourth-order valence-electron chi connectivity index (χ4n) is 2.47. The number of nitrogens with zero attached hydrogens (tertiary/aromatic N) is 2. The van der Waals surface area contributed by atoms with Crippen LogP contribution in [-0.2, 0) is 9.59 Å². The number of rotatable bonds is 9. The molecule has 0 spiro atoms. The molecule has 0 radical (unpaired) electrons. The van der Waals surface area contributed by atoms with Gasteiger partial charge in [-0.05, 0) is 33.5 Å². The van der Waals surface area contributed by atoms with Crippen LogP contribution in [0.3, 0.4) is 0 Å². The normalized spacial score (nSPS) is 18.9. The smallest absolute Gasteiger partial charge is 0.225 e. The largest absolute Gasteiger partial charge is 0.356 e. The minimum absolute atomic E-state index is 0.0371. The lowest BCUT2D eigenvalue weighted by molar-refractivity contribution is -0.129. The van der Waals surface area contributed by atoms with Gasteiger partial charge >= 0.3 is 0 Å². The summed E-state index contributed by atoms with van der Waals surface area (Å²) in [5, 5.41) is 2.94. The zero-order chi connectivity index (χ0) is 15.0. The van der Waals surface area contributed by atoms with Gasteiger partial charge in [-0.25, -0.2) is 0 Å². The number of carbonyl (C=O) groups is 2. The molecule has 1 unspecified atom stereocenters. The second-order valence-electron chi connectivity index (χ2n) is 5.90. The maximum atomic E-state index is 12.0. The monoisotopic (exact) mass is 283 g/mol. The standard InChI is InChI=1S/C15H29N3O2/c1-4-5-6-10-18-12-13(11-14(18)19)15(20)16-8-7-9-17(2)3/h13H,4-12H2,1-3H3,(H,16,20). The highest BCUT2D eigenvalue weighted by atomic mass is 16.2. The quantitative estimate of drug-likeness (QED) is 0.645. The van der Waals surface area contributed by atoms with Crippen molar-refractivity contribution in [3.63, 3.8) is 0 Å². The molecule has 0 aromatic carbocycles. The molecule has 5 nitrogen and oxygen atoms in total. The van der Waals surface area contributed by atoms with E-state index in [1.54, 1.807) is 0 Å². The summed E-state index contributed by atoms with van der Waals surface area (Å²) in [6.07, 6.45) is 4.66. The third kappa shape index (κ3) is 5.90. The first-order chi connectivity index (χ1) is 9.54. The van der Waals surface area contributed by atoms with Gasteiger partial charge in [0.1, 0.15) is 0 Å². The lowest BCUT2D eigenvalue weighted by Crippen LogP contribution is -2.34. The molecule has 2 amide bonds. The van der Waals surface area contributed by atoms with Gasteiger partial charge in [0.05, 0.1) is 5.92 Å². The maximum absolute atomic E-state index is 12.0. The number of likely N-dealkylation sites (tertiary alicyclic amines) is 1. The van der Waals surface area contributed by atoms with E-state index in [1.165, 1.54) is 0 Å². The average molecular weight is 283 g/mol. The number of carbonyl (C=O) groups excluding carboxylic acids is 2. The van der Waals surface area contributed by atoms with E-state index in [0.29, 0.717) is 19.5 Å². The summed E-state index contributed by atoms with van der Waals surface area (Å²) in [7, 11) is 4.04. The Morgan fingerprint density at radius 2 is 2.10 bits per heavy atom. The van der Waals surface area contributed by atoms with Crippen molar-refractivity contribution in [3.05, 3.63) is 0 Å². The van der Waals surface area contributed by atoms with Crippen LogP contribution < -0.4 is 5.32 Å². The summed E-state index contributed by atoms with van der Waals surface area (Å²) in [5.74, 6) is 0.0214. The summed E-state index contributed by atoms with van der Waals surface area (Å²) < 4.78 is 0. The third-order valence-electron chi connectivity index (χ3n) is 3.70. The first-order valence-corrected chi connectivity index (χ1v) is 7.74. The van der Waals surface area contributed by atoms with E-state index < -0.39 is 0 Å². The molecule has 0 aliphatic carbocycles. The molecule has 1 heterocycles. The second-order valence-corrected chi connectivity index (χ2v) is 5.90. The summed E-state index contributed by atoms with van der Waals surface area (Å²) >= 11 is 0. The number of nitrogens with one attached hydrogen (secondary N) is 1. The van der Waals surface area contributed by atoms with Gasteiger partial charge in [-0.15, -0.1) is 0 Å². The Hall–Kier alpha value is -1.10. The lowest BCUT2D eigenvalue weighted by Gasteiger charge is -2.16. The van der Waals surface area contributed by atoms with Crippen LogP contribution in [0, 0.1) is 5.92 Å². The van der Waals surface area contributed by atoms with Crippen molar-refractivity contribution < 1.29 is 9.59 Å². The predicted octanol–water partition coefficient (Wildman–Crippen LogP) is 1.09. The molecular weight excluding hydrogens is 254 g/mol. The Morgan fingerprint density at radius 1 is 1.35 bits per heavy atom. The van der Waals surface area contributed by atoms with Gasteiger partial charge in [0.2, 0.25) is 11.8 Å². The highest BCUT2D eigenvalue weighted by Crippen LogP contribution is 2.18. The molecule has 1 saturated heterocycles. The molecule has 0 bridgehead atoms.